The minimum absolute atomic E-state index is 0. The van der Waals surface area contributed by atoms with Gasteiger partial charge in [0.25, 0.3) is 0 Å². The van der Waals surface area contributed by atoms with Crippen molar-refractivity contribution < 1.29 is 4.79 Å². The van der Waals surface area contributed by atoms with Gasteiger partial charge in [0, 0.05) is 6.04 Å². The van der Waals surface area contributed by atoms with Crippen LogP contribution >= 0.6 is 12.4 Å². The molecule has 100 valence electrons. The molecule has 2 rings (SSSR count). The Kier molecular flexibility index (Phi) is 6.90. The summed E-state index contributed by atoms with van der Waals surface area (Å²) in [5.41, 5.74) is 0. The number of hydrogen-bond donors (Lipinski definition) is 2. The third-order valence-corrected chi connectivity index (χ3v) is 3.83. The number of carbonyl (C=O) groups is 1. The molecule has 1 atom stereocenters. The zero-order valence-corrected chi connectivity index (χ0v) is 11.4. The van der Waals surface area contributed by atoms with Crippen LogP contribution in [0.1, 0.15) is 57.8 Å². The van der Waals surface area contributed by atoms with E-state index in [1.165, 1.54) is 44.9 Å². The third kappa shape index (κ3) is 4.84. The largest absolute Gasteiger partial charge is 0.352 e. The van der Waals surface area contributed by atoms with Crippen molar-refractivity contribution in [3.05, 3.63) is 0 Å². The maximum Gasteiger partial charge on any atom is 0.237 e. The van der Waals surface area contributed by atoms with E-state index in [2.05, 4.69) is 10.6 Å². The molecule has 1 saturated heterocycles. The summed E-state index contributed by atoms with van der Waals surface area (Å²) < 4.78 is 0. The average Bonchev–Trinajstić information content (AvgIpc) is 2.74. The molecule has 0 bridgehead atoms. The zero-order valence-electron chi connectivity index (χ0n) is 10.5. The first kappa shape index (κ1) is 14.8. The first-order valence-corrected chi connectivity index (χ1v) is 6.90. The van der Waals surface area contributed by atoms with E-state index >= 15 is 0 Å². The molecule has 1 aliphatic heterocycles. The molecule has 2 fully saturated rings. The van der Waals surface area contributed by atoms with E-state index in [-0.39, 0.29) is 24.4 Å². The molecule has 4 heteroatoms. The van der Waals surface area contributed by atoms with Crippen LogP contribution in [0.5, 0.6) is 0 Å². The van der Waals surface area contributed by atoms with Crippen LogP contribution < -0.4 is 10.6 Å². The van der Waals surface area contributed by atoms with Crippen LogP contribution in [0.2, 0.25) is 0 Å². The van der Waals surface area contributed by atoms with E-state index in [0.29, 0.717) is 6.04 Å². The summed E-state index contributed by atoms with van der Waals surface area (Å²) >= 11 is 0. The summed E-state index contributed by atoms with van der Waals surface area (Å²) in [4.78, 5) is 11.9. The predicted molar refractivity (Wildman–Crippen MR) is 72.5 cm³/mol. The van der Waals surface area contributed by atoms with E-state index in [4.69, 9.17) is 0 Å². The van der Waals surface area contributed by atoms with Gasteiger partial charge in [-0.3, -0.25) is 4.79 Å². The van der Waals surface area contributed by atoms with Crippen molar-refractivity contribution in [2.45, 2.75) is 69.9 Å². The Bertz CT molecular complexity index is 221. The van der Waals surface area contributed by atoms with Crippen molar-refractivity contribution in [2.24, 2.45) is 0 Å². The summed E-state index contributed by atoms with van der Waals surface area (Å²) in [7, 11) is 0. The maximum absolute atomic E-state index is 11.9. The van der Waals surface area contributed by atoms with Gasteiger partial charge in [-0.15, -0.1) is 12.4 Å². The summed E-state index contributed by atoms with van der Waals surface area (Å²) in [5.74, 6) is 0.239. The summed E-state index contributed by atoms with van der Waals surface area (Å²) in [6, 6.07) is 0.528. The number of rotatable bonds is 2. The quantitative estimate of drug-likeness (QED) is 0.801. The Labute approximate surface area is 111 Å². The Morgan fingerprint density at radius 2 is 1.59 bits per heavy atom. The number of halogens is 1. The normalized spacial score (nSPS) is 26.7. The van der Waals surface area contributed by atoms with Crippen LogP contribution in [-0.2, 0) is 4.79 Å². The molecule has 0 spiro atoms. The molecular weight excluding hydrogens is 236 g/mol. The molecule has 0 radical (unpaired) electrons. The average molecular weight is 261 g/mol. The molecule has 1 heterocycles. The third-order valence-electron chi connectivity index (χ3n) is 3.83. The summed E-state index contributed by atoms with van der Waals surface area (Å²) in [6.07, 6.45) is 11.1. The summed E-state index contributed by atoms with van der Waals surface area (Å²) in [5, 5.41) is 6.49. The minimum Gasteiger partial charge on any atom is -0.352 e. The highest BCUT2D eigenvalue weighted by Gasteiger charge is 2.24. The van der Waals surface area contributed by atoms with E-state index < -0.39 is 0 Å². The fourth-order valence-corrected chi connectivity index (χ4v) is 2.81. The first-order chi connectivity index (χ1) is 7.86. The van der Waals surface area contributed by atoms with Crippen LogP contribution in [0.3, 0.4) is 0 Å². The van der Waals surface area contributed by atoms with Crippen molar-refractivity contribution >= 4 is 18.3 Å². The Morgan fingerprint density at radius 3 is 2.18 bits per heavy atom. The molecule has 17 heavy (non-hydrogen) atoms. The van der Waals surface area contributed by atoms with Gasteiger partial charge in [0.1, 0.15) is 0 Å². The van der Waals surface area contributed by atoms with Gasteiger partial charge in [-0.05, 0) is 32.2 Å². The van der Waals surface area contributed by atoms with Crippen LogP contribution in [-0.4, -0.2) is 24.5 Å². The molecule has 0 aromatic heterocycles. The maximum atomic E-state index is 11.9. The monoisotopic (exact) mass is 260 g/mol. The second-order valence-electron chi connectivity index (χ2n) is 5.20. The van der Waals surface area contributed by atoms with Crippen molar-refractivity contribution in [3.8, 4) is 0 Å². The lowest BCUT2D eigenvalue weighted by atomic mass is 9.96. The molecule has 3 nitrogen and oxygen atoms in total. The Balaban J connectivity index is 0.00000144. The van der Waals surface area contributed by atoms with Crippen molar-refractivity contribution in [1.29, 1.82) is 0 Å². The van der Waals surface area contributed by atoms with Crippen LogP contribution in [0.15, 0.2) is 0 Å². The topological polar surface area (TPSA) is 41.1 Å². The van der Waals surface area contributed by atoms with Crippen LogP contribution in [0.4, 0.5) is 0 Å². The number of hydrogen-bond acceptors (Lipinski definition) is 2. The number of nitrogens with one attached hydrogen (secondary N) is 2. The van der Waals surface area contributed by atoms with E-state index in [1.54, 1.807) is 0 Å². The smallest absolute Gasteiger partial charge is 0.237 e. The van der Waals surface area contributed by atoms with Gasteiger partial charge in [0.05, 0.1) is 6.04 Å². The zero-order chi connectivity index (χ0) is 11.2. The lowest BCUT2D eigenvalue weighted by Crippen LogP contribution is -2.45. The van der Waals surface area contributed by atoms with Crippen molar-refractivity contribution in [2.75, 3.05) is 6.54 Å². The van der Waals surface area contributed by atoms with Gasteiger partial charge in [-0.1, -0.05) is 32.1 Å². The fraction of sp³-hybridized carbons (Fsp3) is 0.923. The van der Waals surface area contributed by atoms with Gasteiger partial charge in [0.15, 0.2) is 0 Å². The minimum atomic E-state index is 0. The van der Waals surface area contributed by atoms with Crippen LogP contribution in [0.25, 0.3) is 0 Å². The number of amides is 1. The standard InChI is InChI=1S/C13H24N2O.ClH/c16-13(12-9-6-10-14-12)15-11-7-4-2-1-3-5-8-11;/h11-12,14H,1-10H2,(H,15,16);1H/t12-;/m0./s1. The molecule has 2 N–H and O–H groups in total. The summed E-state index contributed by atoms with van der Waals surface area (Å²) in [6.45, 7) is 1.00. The molecular formula is C13H25ClN2O. The lowest BCUT2D eigenvalue weighted by Gasteiger charge is -2.22. The van der Waals surface area contributed by atoms with Gasteiger partial charge < -0.3 is 10.6 Å². The van der Waals surface area contributed by atoms with Crippen molar-refractivity contribution in [3.63, 3.8) is 0 Å². The van der Waals surface area contributed by atoms with Crippen LogP contribution in [0, 0.1) is 0 Å². The lowest BCUT2D eigenvalue weighted by molar-refractivity contribution is -0.123. The molecule has 0 aromatic carbocycles. The molecule has 1 aliphatic carbocycles. The van der Waals surface area contributed by atoms with Crippen molar-refractivity contribution in [1.82, 2.24) is 10.6 Å². The first-order valence-electron chi connectivity index (χ1n) is 6.90. The number of carbonyl (C=O) groups excluding carboxylic acids is 1. The highest BCUT2D eigenvalue weighted by Crippen LogP contribution is 2.17. The van der Waals surface area contributed by atoms with E-state index in [1.807, 2.05) is 0 Å². The molecule has 2 aliphatic rings. The van der Waals surface area contributed by atoms with Gasteiger partial charge in [-0.25, -0.2) is 0 Å². The molecule has 0 aromatic rings. The van der Waals surface area contributed by atoms with Gasteiger partial charge >= 0.3 is 0 Å². The molecule has 1 saturated carbocycles. The van der Waals surface area contributed by atoms with Gasteiger partial charge in [-0.2, -0.15) is 0 Å². The molecule has 1 amide bonds. The Morgan fingerprint density at radius 1 is 0.941 bits per heavy atom. The second kappa shape index (κ2) is 7.93. The van der Waals surface area contributed by atoms with Gasteiger partial charge in [0.2, 0.25) is 5.91 Å². The highest BCUT2D eigenvalue weighted by atomic mass is 35.5. The second-order valence-corrected chi connectivity index (χ2v) is 5.20. The predicted octanol–water partition coefficient (Wildman–Crippen LogP) is 2.39. The Hall–Kier alpha value is -0.280. The molecule has 0 unspecified atom stereocenters. The van der Waals surface area contributed by atoms with E-state index in [9.17, 15) is 4.79 Å². The SMILES string of the molecule is Cl.O=C(NC1CCCCCCC1)[C@@H]1CCCN1. The fourth-order valence-electron chi connectivity index (χ4n) is 2.81. The van der Waals surface area contributed by atoms with E-state index in [0.717, 1.165) is 19.4 Å². The highest BCUT2D eigenvalue weighted by molar-refractivity contribution is 5.85.